The zero-order valence-corrected chi connectivity index (χ0v) is 18.0. The van der Waals surface area contributed by atoms with Gasteiger partial charge in [0.1, 0.15) is 0 Å². The van der Waals surface area contributed by atoms with Crippen LogP contribution in [0, 0.1) is 0 Å². The molecule has 160 valence electrons. The quantitative estimate of drug-likeness (QED) is 0.396. The topological polar surface area (TPSA) is 66.5 Å². The van der Waals surface area contributed by atoms with Crippen molar-refractivity contribution >= 4 is 46.6 Å². The minimum Gasteiger partial charge on any atom is -0.322 e. The van der Waals surface area contributed by atoms with Crippen LogP contribution in [0.2, 0.25) is 5.02 Å². The van der Waals surface area contributed by atoms with E-state index in [2.05, 4.69) is 5.32 Å². The van der Waals surface area contributed by atoms with Gasteiger partial charge in [0.25, 0.3) is 5.91 Å². The number of hydrogen-bond acceptors (Lipinski definition) is 3. The average Bonchev–Trinajstić information content (AvgIpc) is 3.24. The molecule has 0 unspecified atom stereocenters. The van der Waals surface area contributed by atoms with Crippen molar-refractivity contribution in [3.05, 3.63) is 101 Å². The Morgan fingerprint density at radius 2 is 1.78 bits per heavy atom. The van der Waals surface area contributed by atoms with Crippen molar-refractivity contribution in [3.8, 4) is 0 Å². The number of ketones is 1. The van der Waals surface area contributed by atoms with Crippen LogP contribution in [-0.4, -0.2) is 24.1 Å². The van der Waals surface area contributed by atoms with Gasteiger partial charge in [0, 0.05) is 29.9 Å². The minimum atomic E-state index is -0.305. The van der Waals surface area contributed by atoms with Gasteiger partial charge in [-0.1, -0.05) is 54.1 Å². The molecule has 1 heterocycles. The Kier molecular flexibility index (Phi) is 6.47. The second-order valence-corrected chi connectivity index (χ2v) is 7.86. The standard InChI is InChI=1S/C26H21ClN2O3/c27-23-11-2-1-10-22(23)26(32)28-20-8-3-6-18(16-20)13-14-24(30)19-7-4-9-21(17-19)29-15-5-12-25(29)31/h1-4,6-11,13-14,16-17H,5,12,15H2,(H,28,32). The lowest BCUT2D eigenvalue weighted by atomic mass is 10.1. The van der Waals surface area contributed by atoms with Gasteiger partial charge in [-0.3, -0.25) is 14.4 Å². The first-order valence-corrected chi connectivity index (χ1v) is 10.7. The molecular formula is C26H21ClN2O3. The van der Waals surface area contributed by atoms with Gasteiger partial charge in [0.2, 0.25) is 5.91 Å². The lowest BCUT2D eigenvalue weighted by Crippen LogP contribution is -2.23. The zero-order valence-electron chi connectivity index (χ0n) is 17.3. The number of halogens is 1. The molecule has 4 rings (SSSR count). The molecule has 5 nitrogen and oxygen atoms in total. The molecule has 3 aromatic rings. The summed E-state index contributed by atoms with van der Waals surface area (Å²) >= 11 is 6.09. The SMILES string of the molecule is O=C(C=Cc1cccc(NC(=O)c2ccccc2Cl)c1)c1cccc(N2CCCC2=O)c1. The maximum Gasteiger partial charge on any atom is 0.257 e. The third-order valence-corrected chi connectivity index (χ3v) is 5.54. The molecule has 1 aliphatic rings. The number of nitrogens with one attached hydrogen (secondary N) is 1. The van der Waals surface area contributed by atoms with Crippen molar-refractivity contribution in [1.29, 1.82) is 0 Å². The number of amides is 2. The molecular weight excluding hydrogens is 424 g/mol. The summed E-state index contributed by atoms with van der Waals surface area (Å²) in [6.07, 6.45) is 4.56. The first-order chi connectivity index (χ1) is 15.5. The molecule has 1 aliphatic heterocycles. The Labute approximate surface area is 191 Å². The molecule has 1 saturated heterocycles. The summed E-state index contributed by atoms with van der Waals surface area (Å²) in [5.74, 6) is -0.383. The van der Waals surface area contributed by atoms with Crippen LogP contribution in [0.1, 0.15) is 39.1 Å². The summed E-state index contributed by atoms with van der Waals surface area (Å²) in [5, 5.41) is 3.20. The van der Waals surface area contributed by atoms with Gasteiger partial charge in [-0.2, -0.15) is 0 Å². The summed E-state index contributed by atoms with van der Waals surface area (Å²) in [7, 11) is 0. The second kappa shape index (κ2) is 9.62. The Morgan fingerprint density at radius 1 is 0.969 bits per heavy atom. The number of rotatable bonds is 6. The molecule has 0 bridgehead atoms. The highest BCUT2D eigenvalue weighted by molar-refractivity contribution is 6.34. The molecule has 3 aromatic carbocycles. The number of benzene rings is 3. The Bertz CT molecular complexity index is 1220. The van der Waals surface area contributed by atoms with Gasteiger partial charge < -0.3 is 10.2 Å². The van der Waals surface area contributed by atoms with Gasteiger partial charge in [0.15, 0.2) is 5.78 Å². The third kappa shape index (κ3) is 4.95. The predicted molar refractivity (Wildman–Crippen MR) is 127 cm³/mol. The van der Waals surface area contributed by atoms with Crippen LogP contribution in [-0.2, 0) is 4.79 Å². The van der Waals surface area contributed by atoms with Crippen LogP contribution in [0.15, 0.2) is 78.9 Å². The Balaban J connectivity index is 1.46. The maximum atomic E-state index is 12.7. The number of hydrogen-bond donors (Lipinski definition) is 1. The highest BCUT2D eigenvalue weighted by atomic mass is 35.5. The third-order valence-electron chi connectivity index (χ3n) is 5.21. The van der Waals surface area contributed by atoms with E-state index < -0.39 is 0 Å². The first kappa shape index (κ1) is 21.5. The highest BCUT2D eigenvalue weighted by Crippen LogP contribution is 2.23. The zero-order chi connectivity index (χ0) is 22.5. The normalized spacial score (nSPS) is 13.5. The summed E-state index contributed by atoms with van der Waals surface area (Å²) < 4.78 is 0. The molecule has 0 aliphatic carbocycles. The van der Waals surface area contributed by atoms with E-state index in [-0.39, 0.29) is 17.6 Å². The van der Waals surface area contributed by atoms with Gasteiger partial charge in [-0.15, -0.1) is 0 Å². The van der Waals surface area contributed by atoms with Gasteiger partial charge in [-0.05, 0) is 54.5 Å². The van der Waals surface area contributed by atoms with E-state index in [1.165, 1.54) is 6.08 Å². The summed E-state index contributed by atoms with van der Waals surface area (Å²) in [4.78, 5) is 38.8. The van der Waals surface area contributed by atoms with Gasteiger partial charge in [-0.25, -0.2) is 0 Å². The number of allylic oxidation sites excluding steroid dienone is 1. The molecule has 0 atom stereocenters. The lowest BCUT2D eigenvalue weighted by molar-refractivity contribution is -0.117. The van der Waals surface area contributed by atoms with E-state index in [0.717, 1.165) is 17.7 Å². The van der Waals surface area contributed by atoms with Gasteiger partial charge >= 0.3 is 0 Å². The molecule has 6 heteroatoms. The fourth-order valence-electron chi connectivity index (χ4n) is 3.58. The van der Waals surface area contributed by atoms with Crippen LogP contribution in [0.25, 0.3) is 6.08 Å². The van der Waals surface area contributed by atoms with E-state index >= 15 is 0 Å². The van der Waals surface area contributed by atoms with E-state index in [1.807, 2.05) is 12.1 Å². The van der Waals surface area contributed by atoms with Gasteiger partial charge in [0.05, 0.1) is 10.6 Å². The van der Waals surface area contributed by atoms with Crippen LogP contribution in [0.3, 0.4) is 0 Å². The summed E-state index contributed by atoms with van der Waals surface area (Å²) in [6.45, 7) is 0.680. The molecule has 2 amide bonds. The lowest BCUT2D eigenvalue weighted by Gasteiger charge is -2.16. The average molecular weight is 445 g/mol. The monoisotopic (exact) mass is 444 g/mol. The molecule has 0 aromatic heterocycles. The molecule has 0 spiro atoms. The van der Waals surface area contributed by atoms with E-state index in [0.29, 0.717) is 34.8 Å². The summed E-state index contributed by atoms with van der Waals surface area (Å²) in [6, 6.07) is 21.1. The number of nitrogens with zero attached hydrogens (tertiary/aromatic N) is 1. The summed E-state index contributed by atoms with van der Waals surface area (Å²) in [5.41, 5.74) is 3.01. The van der Waals surface area contributed by atoms with E-state index in [9.17, 15) is 14.4 Å². The number of anilines is 2. The minimum absolute atomic E-state index is 0.0841. The highest BCUT2D eigenvalue weighted by Gasteiger charge is 2.22. The maximum absolute atomic E-state index is 12.7. The largest absolute Gasteiger partial charge is 0.322 e. The van der Waals surface area contributed by atoms with Crippen LogP contribution in [0.4, 0.5) is 11.4 Å². The fourth-order valence-corrected chi connectivity index (χ4v) is 3.80. The molecule has 0 saturated carbocycles. The number of carbonyl (C=O) groups is 3. The van der Waals surface area contributed by atoms with Crippen LogP contribution < -0.4 is 10.2 Å². The smallest absolute Gasteiger partial charge is 0.257 e. The van der Waals surface area contributed by atoms with E-state index in [1.54, 1.807) is 71.6 Å². The Hall–Kier alpha value is -3.70. The van der Waals surface area contributed by atoms with Crippen LogP contribution in [0.5, 0.6) is 0 Å². The molecule has 0 radical (unpaired) electrons. The predicted octanol–water partition coefficient (Wildman–Crippen LogP) is 5.62. The Morgan fingerprint density at radius 3 is 2.56 bits per heavy atom. The van der Waals surface area contributed by atoms with Crippen molar-refractivity contribution < 1.29 is 14.4 Å². The molecule has 1 N–H and O–H groups in total. The van der Waals surface area contributed by atoms with Crippen LogP contribution >= 0.6 is 11.6 Å². The van der Waals surface area contributed by atoms with Crippen molar-refractivity contribution in [2.75, 3.05) is 16.8 Å². The fraction of sp³-hybridized carbons (Fsp3) is 0.115. The van der Waals surface area contributed by atoms with Crippen molar-refractivity contribution in [2.24, 2.45) is 0 Å². The number of carbonyl (C=O) groups excluding carboxylic acids is 3. The van der Waals surface area contributed by atoms with E-state index in [4.69, 9.17) is 11.6 Å². The molecule has 32 heavy (non-hydrogen) atoms. The second-order valence-electron chi connectivity index (χ2n) is 7.46. The molecule has 1 fully saturated rings. The van der Waals surface area contributed by atoms with Crippen molar-refractivity contribution in [3.63, 3.8) is 0 Å². The van der Waals surface area contributed by atoms with Crippen molar-refractivity contribution in [2.45, 2.75) is 12.8 Å². The van der Waals surface area contributed by atoms with Crippen molar-refractivity contribution in [1.82, 2.24) is 0 Å². The first-order valence-electron chi connectivity index (χ1n) is 10.3.